The summed E-state index contributed by atoms with van der Waals surface area (Å²) in [7, 11) is 0. The van der Waals surface area contributed by atoms with Crippen LogP contribution in [-0.4, -0.2) is 71.8 Å². The van der Waals surface area contributed by atoms with E-state index in [1.54, 1.807) is 24.3 Å². The topological polar surface area (TPSA) is 43.9 Å². The average molecular weight is 378 g/mol. The van der Waals surface area contributed by atoms with Crippen LogP contribution in [0.3, 0.4) is 0 Å². The Morgan fingerprint density at radius 3 is 2.31 bits per heavy atom. The first-order valence-corrected chi connectivity index (χ1v) is 10.1. The number of carbonyl (C=O) groups excluding carboxylic acids is 2. The molecule has 26 heavy (non-hydrogen) atoms. The average Bonchev–Trinajstić information content (AvgIpc) is 2.68. The first kappa shape index (κ1) is 19.2. The van der Waals surface area contributed by atoms with Crippen molar-refractivity contribution in [2.75, 3.05) is 39.3 Å². The van der Waals surface area contributed by atoms with Crippen molar-refractivity contribution in [3.63, 3.8) is 0 Å². The highest BCUT2D eigenvalue weighted by Gasteiger charge is 2.33. The van der Waals surface area contributed by atoms with E-state index in [4.69, 9.17) is 11.6 Å². The summed E-state index contributed by atoms with van der Waals surface area (Å²) >= 11 is 5.89. The molecule has 1 atom stereocenters. The van der Waals surface area contributed by atoms with Gasteiger partial charge in [0.2, 0.25) is 5.91 Å². The van der Waals surface area contributed by atoms with Crippen LogP contribution in [-0.2, 0) is 4.79 Å². The van der Waals surface area contributed by atoms with Gasteiger partial charge in [0.05, 0.1) is 6.04 Å². The van der Waals surface area contributed by atoms with Crippen LogP contribution in [0.15, 0.2) is 24.3 Å². The lowest BCUT2D eigenvalue weighted by Gasteiger charge is -2.40. The fourth-order valence-electron chi connectivity index (χ4n) is 3.94. The van der Waals surface area contributed by atoms with Crippen LogP contribution in [0.25, 0.3) is 0 Å². The molecule has 0 spiro atoms. The largest absolute Gasteiger partial charge is 0.338 e. The molecule has 2 heterocycles. The summed E-state index contributed by atoms with van der Waals surface area (Å²) in [5.74, 6) is 0.260. The number of nitrogens with zero attached hydrogens (tertiary/aromatic N) is 3. The number of hydrogen-bond donors (Lipinski definition) is 0. The number of halogens is 1. The number of carbonyl (C=O) groups is 2. The lowest BCUT2D eigenvalue weighted by Crippen LogP contribution is -2.56. The first-order chi connectivity index (χ1) is 12.6. The zero-order chi connectivity index (χ0) is 18.5. The Morgan fingerprint density at radius 2 is 1.65 bits per heavy atom. The van der Waals surface area contributed by atoms with Gasteiger partial charge in [-0.05, 0) is 56.6 Å². The molecule has 0 N–H and O–H groups in total. The van der Waals surface area contributed by atoms with Gasteiger partial charge in [-0.1, -0.05) is 24.9 Å². The lowest BCUT2D eigenvalue weighted by atomic mass is 10.00. The Kier molecular flexibility index (Phi) is 6.54. The minimum atomic E-state index is 0.0130. The number of hydrogen-bond acceptors (Lipinski definition) is 3. The molecule has 2 aliphatic rings. The van der Waals surface area contributed by atoms with E-state index in [1.807, 2.05) is 9.80 Å². The second kappa shape index (κ2) is 8.87. The molecule has 2 amide bonds. The SMILES string of the molecule is CCCN1CCCCC1C(=O)N1CCN(C(=O)c2ccc(Cl)cc2)CC1. The van der Waals surface area contributed by atoms with Crippen molar-refractivity contribution in [1.29, 1.82) is 0 Å². The van der Waals surface area contributed by atoms with Crippen LogP contribution < -0.4 is 0 Å². The third-order valence-corrected chi connectivity index (χ3v) is 5.63. The molecule has 0 radical (unpaired) electrons. The third kappa shape index (κ3) is 4.38. The molecule has 1 aromatic rings. The van der Waals surface area contributed by atoms with E-state index in [1.165, 1.54) is 6.42 Å². The Morgan fingerprint density at radius 1 is 1.00 bits per heavy atom. The number of piperidine rings is 1. The molecule has 5 nitrogen and oxygen atoms in total. The van der Waals surface area contributed by atoms with Gasteiger partial charge in [0.25, 0.3) is 5.91 Å². The summed E-state index contributed by atoms with van der Waals surface area (Å²) in [4.78, 5) is 31.7. The van der Waals surface area contributed by atoms with E-state index in [2.05, 4.69) is 11.8 Å². The van der Waals surface area contributed by atoms with Gasteiger partial charge >= 0.3 is 0 Å². The number of rotatable bonds is 4. The van der Waals surface area contributed by atoms with Crippen LogP contribution in [0.5, 0.6) is 0 Å². The van der Waals surface area contributed by atoms with Gasteiger partial charge in [-0.15, -0.1) is 0 Å². The van der Waals surface area contributed by atoms with E-state index >= 15 is 0 Å². The van der Waals surface area contributed by atoms with E-state index < -0.39 is 0 Å². The molecule has 0 saturated carbocycles. The molecule has 3 rings (SSSR count). The number of likely N-dealkylation sites (tertiary alicyclic amines) is 1. The van der Waals surface area contributed by atoms with Crippen LogP contribution in [0.1, 0.15) is 43.0 Å². The molecule has 0 aliphatic carbocycles. The van der Waals surface area contributed by atoms with Crippen molar-refractivity contribution in [1.82, 2.24) is 14.7 Å². The highest BCUT2D eigenvalue weighted by molar-refractivity contribution is 6.30. The van der Waals surface area contributed by atoms with Gasteiger partial charge in [-0.3, -0.25) is 14.5 Å². The van der Waals surface area contributed by atoms with E-state index in [9.17, 15) is 9.59 Å². The van der Waals surface area contributed by atoms with Crippen molar-refractivity contribution < 1.29 is 9.59 Å². The summed E-state index contributed by atoms with van der Waals surface area (Å²) in [6, 6.07) is 7.02. The van der Waals surface area contributed by atoms with Crippen molar-refractivity contribution >= 4 is 23.4 Å². The maximum atomic E-state index is 13.0. The molecule has 1 unspecified atom stereocenters. The maximum absolute atomic E-state index is 13.0. The highest BCUT2D eigenvalue weighted by Crippen LogP contribution is 2.20. The minimum Gasteiger partial charge on any atom is -0.338 e. The van der Waals surface area contributed by atoms with Gasteiger partial charge in [-0.25, -0.2) is 0 Å². The van der Waals surface area contributed by atoms with Crippen LogP contribution in [0.2, 0.25) is 5.02 Å². The molecular formula is C20H28ClN3O2. The fraction of sp³-hybridized carbons (Fsp3) is 0.600. The molecular weight excluding hydrogens is 350 g/mol. The van der Waals surface area contributed by atoms with Crippen molar-refractivity contribution in [2.24, 2.45) is 0 Å². The summed E-state index contributed by atoms with van der Waals surface area (Å²) in [5, 5.41) is 0.626. The standard InChI is InChI=1S/C20H28ClN3O2/c1-2-10-22-11-4-3-5-18(22)20(26)24-14-12-23(13-15-24)19(25)16-6-8-17(21)9-7-16/h6-9,18H,2-5,10-15H2,1H3. The fourth-order valence-corrected chi connectivity index (χ4v) is 4.07. The number of amides is 2. The van der Waals surface area contributed by atoms with Crippen molar-refractivity contribution in [3.8, 4) is 0 Å². The highest BCUT2D eigenvalue weighted by atomic mass is 35.5. The van der Waals surface area contributed by atoms with E-state index in [0.29, 0.717) is 36.8 Å². The third-order valence-electron chi connectivity index (χ3n) is 5.38. The second-order valence-electron chi connectivity index (χ2n) is 7.17. The predicted octanol–water partition coefficient (Wildman–Crippen LogP) is 2.89. The molecule has 142 valence electrons. The van der Waals surface area contributed by atoms with Crippen molar-refractivity contribution in [3.05, 3.63) is 34.9 Å². The summed E-state index contributed by atoms with van der Waals surface area (Å²) in [6.45, 7) is 6.60. The Balaban J connectivity index is 1.56. The molecule has 6 heteroatoms. The molecule has 0 aromatic heterocycles. The van der Waals surface area contributed by atoms with Gasteiger partial charge in [0.15, 0.2) is 0 Å². The smallest absolute Gasteiger partial charge is 0.253 e. The predicted molar refractivity (Wildman–Crippen MR) is 103 cm³/mol. The lowest BCUT2D eigenvalue weighted by molar-refractivity contribution is -0.139. The molecule has 0 bridgehead atoms. The molecule has 2 aliphatic heterocycles. The van der Waals surface area contributed by atoms with Crippen LogP contribution >= 0.6 is 11.6 Å². The van der Waals surface area contributed by atoms with E-state index in [-0.39, 0.29) is 17.9 Å². The Labute approximate surface area is 160 Å². The van der Waals surface area contributed by atoms with Crippen LogP contribution in [0.4, 0.5) is 0 Å². The second-order valence-corrected chi connectivity index (χ2v) is 7.61. The number of piperazine rings is 1. The zero-order valence-electron chi connectivity index (χ0n) is 15.5. The van der Waals surface area contributed by atoms with Gasteiger partial charge in [0.1, 0.15) is 0 Å². The quantitative estimate of drug-likeness (QED) is 0.810. The molecule has 2 fully saturated rings. The minimum absolute atomic E-state index is 0.0130. The molecule has 2 saturated heterocycles. The van der Waals surface area contributed by atoms with Crippen molar-refractivity contribution in [2.45, 2.75) is 38.6 Å². The first-order valence-electron chi connectivity index (χ1n) is 9.68. The summed E-state index contributed by atoms with van der Waals surface area (Å²) in [5.41, 5.74) is 0.649. The monoisotopic (exact) mass is 377 g/mol. The molecule has 1 aromatic carbocycles. The Bertz CT molecular complexity index is 624. The van der Waals surface area contributed by atoms with Crippen LogP contribution in [0, 0.1) is 0 Å². The maximum Gasteiger partial charge on any atom is 0.253 e. The summed E-state index contributed by atoms with van der Waals surface area (Å²) < 4.78 is 0. The van der Waals surface area contributed by atoms with Gasteiger partial charge in [0, 0.05) is 36.8 Å². The van der Waals surface area contributed by atoms with Gasteiger partial charge in [-0.2, -0.15) is 0 Å². The normalized spacial score (nSPS) is 21.7. The zero-order valence-corrected chi connectivity index (χ0v) is 16.2. The number of benzene rings is 1. The Hall–Kier alpha value is -1.59. The summed E-state index contributed by atoms with van der Waals surface area (Å²) in [6.07, 6.45) is 4.36. The van der Waals surface area contributed by atoms with E-state index in [0.717, 1.165) is 32.4 Å². The van der Waals surface area contributed by atoms with Gasteiger partial charge < -0.3 is 9.80 Å².